The van der Waals surface area contributed by atoms with E-state index in [2.05, 4.69) is 5.32 Å². The van der Waals surface area contributed by atoms with E-state index in [-0.39, 0.29) is 0 Å². The Kier molecular flexibility index (Phi) is 3.71. The summed E-state index contributed by atoms with van der Waals surface area (Å²) in [6.45, 7) is 3.80. The van der Waals surface area contributed by atoms with Gasteiger partial charge in [0, 0.05) is 19.4 Å². The van der Waals surface area contributed by atoms with E-state index in [9.17, 15) is 4.79 Å². The van der Waals surface area contributed by atoms with Crippen LogP contribution in [0.15, 0.2) is 30.3 Å². The number of halogens is 1. The number of ether oxygens (including phenoxy) is 2. The third-order valence-electron chi connectivity index (χ3n) is 4.14. The van der Waals surface area contributed by atoms with Crippen molar-refractivity contribution in [3.63, 3.8) is 0 Å². The van der Waals surface area contributed by atoms with Gasteiger partial charge < -0.3 is 14.8 Å². The summed E-state index contributed by atoms with van der Waals surface area (Å²) in [6, 6.07) is 9.31. The minimum Gasteiger partial charge on any atom is -0.450 e. The number of carbonyl (C=O) groups excluding carboxylic acids is 1. The molecule has 2 aliphatic rings. The van der Waals surface area contributed by atoms with Crippen molar-refractivity contribution in [1.29, 1.82) is 0 Å². The van der Waals surface area contributed by atoms with Crippen molar-refractivity contribution in [3.05, 3.63) is 30.3 Å². The van der Waals surface area contributed by atoms with Crippen LogP contribution >= 0.6 is 11.6 Å². The first-order valence-corrected chi connectivity index (χ1v) is 7.63. The quantitative estimate of drug-likeness (QED) is 0.688. The van der Waals surface area contributed by atoms with Crippen molar-refractivity contribution in [3.8, 4) is 5.75 Å². The van der Waals surface area contributed by atoms with Gasteiger partial charge in [-0.15, -0.1) is 0 Å². The zero-order valence-corrected chi connectivity index (χ0v) is 12.7. The smallest absolute Gasteiger partial charge is 0.414 e. The summed E-state index contributed by atoms with van der Waals surface area (Å²) >= 11 is 6.83. The van der Waals surface area contributed by atoms with E-state index >= 15 is 0 Å². The van der Waals surface area contributed by atoms with Crippen LogP contribution in [0.3, 0.4) is 0 Å². The number of carbonyl (C=O) groups is 1. The highest BCUT2D eigenvalue weighted by Crippen LogP contribution is 2.48. The Morgan fingerprint density at radius 1 is 1.33 bits per heavy atom. The van der Waals surface area contributed by atoms with E-state index in [4.69, 9.17) is 21.1 Å². The maximum absolute atomic E-state index is 12.2. The van der Waals surface area contributed by atoms with E-state index in [0.29, 0.717) is 25.1 Å². The van der Waals surface area contributed by atoms with Gasteiger partial charge in [-0.3, -0.25) is 4.90 Å². The van der Waals surface area contributed by atoms with E-state index in [1.54, 1.807) is 0 Å². The first-order chi connectivity index (χ1) is 10.1. The van der Waals surface area contributed by atoms with Crippen molar-refractivity contribution in [2.75, 3.05) is 19.6 Å². The van der Waals surface area contributed by atoms with Crippen LogP contribution in [0.4, 0.5) is 4.79 Å². The van der Waals surface area contributed by atoms with E-state index in [1.165, 1.54) is 4.90 Å². The second-order valence-corrected chi connectivity index (χ2v) is 5.85. The summed E-state index contributed by atoms with van der Waals surface area (Å²) in [4.78, 5) is 13.7. The number of hydrogen-bond acceptors (Lipinski definition) is 4. The van der Waals surface area contributed by atoms with Gasteiger partial charge in [0.05, 0.1) is 0 Å². The zero-order valence-electron chi connectivity index (χ0n) is 12.0. The minimum atomic E-state index is -1.30. The molecule has 0 radical (unpaired) electrons. The van der Waals surface area contributed by atoms with Gasteiger partial charge in [-0.1, -0.05) is 18.2 Å². The number of nitrogens with zero attached hydrogens (tertiary/aromatic N) is 1. The molecule has 0 bridgehead atoms. The molecule has 5 nitrogen and oxygen atoms in total. The van der Waals surface area contributed by atoms with Crippen LogP contribution in [0, 0.1) is 0 Å². The van der Waals surface area contributed by atoms with Gasteiger partial charge in [-0.2, -0.15) is 0 Å². The molecule has 0 saturated carbocycles. The van der Waals surface area contributed by atoms with Crippen LogP contribution in [0.5, 0.6) is 5.75 Å². The van der Waals surface area contributed by atoms with Crippen LogP contribution in [0.25, 0.3) is 0 Å². The van der Waals surface area contributed by atoms with Crippen molar-refractivity contribution in [1.82, 2.24) is 10.2 Å². The van der Waals surface area contributed by atoms with Crippen molar-refractivity contribution >= 4 is 17.7 Å². The maximum Gasteiger partial charge on any atom is 0.414 e. The molecule has 1 spiro atoms. The number of alkyl halides is 1. The summed E-state index contributed by atoms with van der Waals surface area (Å²) in [7, 11) is 0. The number of para-hydroxylation sites is 1. The number of benzene rings is 1. The molecule has 1 atom stereocenters. The molecular formula is C15H19ClN2O3. The van der Waals surface area contributed by atoms with Gasteiger partial charge in [-0.05, 0) is 43.7 Å². The molecular weight excluding hydrogens is 292 g/mol. The summed E-state index contributed by atoms with van der Waals surface area (Å²) in [6.07, 6.45) is 0.849. The molecule has 3 rings (SSSR count). The Labute approximate surface area is 129 Å². The second-order valence-electron chi connectivity index (χ2n) is 5.33. The molecule has 0 aliphatic carbocycles. The normalized spacial score (nSPS) is 27.7. The molecule has 6 heteroatoms. The number of nitrogens with one attached hydrogen (secondary N) is 1. The van der Waals surface area contributed by atoms with E-state index in [0.717, 1.165) is 13.1 Å². The molecule has 1 aromatic rings. The molecule has 2 saturated heterocycles. The lowest BCUT2D eigenvalue weighted by atomic mass is 9.90. The fraction of sp³-hybridized carbons (Fsp3) is 0.533. The number of hydrogen-bond donors (Lipinski definition) is 1. The number of piperidine rings is 1. The van der Waals surface area contributed by atoms with Crippen molar-refractivity contribution < 1.29 is 14.3 Å². The largest absolute Gasteiger partial charge is 0.450 e. The van der Waals surface area contributed by atoms with Gasteiger partial charge in [-0.25, -0.2) is 4.79 Å². The lowest BCUT2D eigenvalue weighted by molar-refractivity contribution is -0.0934. The highest BCUT2D eigenvalue weighted by atomic mass is 35.5. The Morgan fingerprint density at radius 3 is 2.62 bits per heavy atom. The van der Waals surface area contributed by atoms with Crippen LogP contribution in [-0.4, -0.2) is 41.4 Å². The van der Waals surface area contributed by atoms with Gasteiger partial charge >= 0.3 is 11.3 Å². The lowest BCUT2D eigenvalue weighted by Crippen LogP contribution is -2.61. The average Bonchev–Trinajstić information content (AvgIpc) is 2.68. The Balaban J connectivity index is 1.98. The van der Waals surface area contributed by atoms with E-state index in [1.807, 2.05) is 37.3 Å². The molecule has 2 fully saturated rings. The Morgan fingerprint density at radius 2 is 2.00 bits per heavy atom. The molecule has 2 aliphatic heterocycles. The first-order valence-electron chi connectivity index (χ1n) is 7.26. The lowest BCUT2D eigenvalue weighted by Gasteiger charge is -2.43. The monoisotopic (exact) mass is 310 g/mol. The topological polar surface area (TPSA) is 50.8 Å². The zero-order chi connectivity index (χ0) is 14.9. The predicted octanol–water partition coefficient (Wildman–Crippen LogP) is 2.55. The van der Waals surface area contributed by atoms with Gasteiger partial charge in [0.25, 0.3) is 0 Å². The van der Waals surface area contributed by atoms with Crippen LogP contribution in [-0.2, 0) is 4.74 Å². The average molecular weight is 311 g/mol. The van der Waals surface area contributed by atoms with Crippen molar-refractivity contribution in [2.24, 2.45) is 0 Å². The maximum atomic E-state index is 12.2. The summed E-state index contributed by atoms with van der Waals surface area (Å²) in [5.41, 5.74) is -0.817. The molecule has 0 aromatic heterocycles. The fourth-order valence-electron chi connectivity index (χ4n) is 3.01. The fourth-order valence-corrected chi connectivity index (χ4v) is 3.52. The molecule has 2 heterocycles. The third kappa shape index (κ3) is 2.24. The Hall–Kier alpha value is -1.46. The number of rotatable bonds is 3. The number of amides is 1. The highest BCUT2D eigenvalue weighted by molar-refractivity contribution is 6.25. The van der Waals surface area contributed by atoms with E-state index < -0.39 is 16.9 Å². The Bertz CT molecular complexity index is 519. The highest BCUT2D eigenvalue weighted by Gasteiger charge is 2.66. The first kappa shape index (κ1) is 14.5. The molecule has 1 aromatic carbocycles. The summed E-state index contributed by atoms with van der Waals surface area (Å²) < 4.78 is 11.7. The van der Waals surface area contributed by atoms with Gasteiger partial charge in [0.1, 0.15) is 5.75 Å². The second kappa shape index (κ2) is 5.39. The molecule has 1 amide bonds. The van der Waals surface area contributed by atoms with Gasteiger partial charge in [0.15, 0.2) is 5.60 Å². The molecule has 21 heavy (non-hydrogen) atoms. The molecule has 1 unspecified atom stereocenters. The SMILES string of the molecule is CCN1C(=O)OC2(CCNCC2)C1(Cl)Oc1ccccc1. The van der Waals surface area contributed by atoms with Gasteiger partial charge in [0.2, 0.25) is 0 Å². The summed E-state index contributed by atoms with van der Waals surface area (Å²) in [5, 5.41) is 1.96. The molecule has 114 valence electrons. The third-order valence-corrected chi connectivity index (χ3v) is 4.76. The van der Waals surface area contributed by atoms with Crippen molar-refractivity contribution in [2.45, 2.75) is 30.6 Å². The molecule has 1 N–H and O–H groups in total. The van der Waals surface area contributed by atoms with Crippen LogP contribution < -0.4 is 10.1 Å². The van der Waals surface area contributed by atoms with Crippen LogP contribution in [0.2, 0.25) is 0 Å². The predicted molar refractivity (Wildman–Crippen MR) is 79.3 cm³/mol. The standard InChI is InChI=1S/C15H19ClN2O3/c1-2-18-13(19)21-14(8-10-17-11-9-14)15(18,16)20-12-6-4-3-5-7-12/h3-7,17H,2,8-11H2,1H3. The number of likely N-dealkylation sites (N-methyl/N-ethyl adjacent to an activating group) is 1. The summed E-state index contributed by atoms with van der Waals surface area (Å²) in [5.74, 6) is 0.627. The minimum absolute atomic E-state index is 0.412. The van der Waals surface area contributed by atoms with Crippen LogP contribution in [0.1, 0.15) is 19.8 Å².